The third kappa shape index (κ3) is 7.95. The van der Waals surface area contributed by atoms with Crippen LogP contribution in [0.15, 0.2) is 42.5 Å². The Labute approximate surface area is 211 Å². The maximum Gasteiger partial charge on any atom is 0.422 e. The zero-order valence-electron chi connectivity index (χ0n) is 19.9. The van der Waals surface area contributed by atoms with Crippen LogP contribution >= 0.6 is 0 Å². The fourth-order valence-corrected chi connectivity index (χ4v) is 3.55. The summed E-state index contributed by atoms with van der Waals surface area (Å²) in [5, 5.41) is 5.92. The van der Waals surface area contributed by atoms with Crippen LogP contribution in [0.3, 0.4) is 0 Å². The van der Waals surface area contributed by atoms with Crippen LogP contribution in [0, 0.1) is 0 Å². The van der Waals surface area contributed by atoms with Gasteiger partial charge in [-0.2, -0.15) is 28.1 Å². The number of nitrogens with one attached hydrogen (secondary N) is 2. The van der Waals surface area contributed by atoms with Gasteiger partial charge < -0.3 is 24.8 Å². The van der Waals surface area contributed by atoms with Gasteiger partial charge in [0.25, 0.3) is 0 Å². The first-order chi connectivity index (χ1) is 17.9. The minimum atomic E-state index is -4.56. The molecule has 37 heavy (non-hydrogen) atoms. The van der Waals surface area contributed by atoms with Gasteiger partial charge in [0.05, 0.1) is 18.8 Å². The number of aldehydes is 1. The lowest BCUT2D eigenvalue weighted by Gasteiger charge is -2.14. The number of hydrogen-bond acceptors (Lipinski definition) is 9. The van der Waals surface area contributed by atoms with E-state index in [-0.39, 0.29) is 18.4 Å². The predicted octanol–water partition coefficient (Wildman–Crippen LogP) is 5.31. The summed E-state index contributed by atoms with van der Waals surface area (Å²) in [5.41, 5.74) is 1.67. The zero-order chi connectivity index (χ0) is 26.1. The summed E-state index contributed by atoms with van der Waals surface area (Å²) in [4.78, 5) is 23.7. The molecule has 1 aromatic heterocycles. The summed E-state index contributed by atoms with van der Waals surface area (Å²) in [7, 11) is 0. The highest BCUT2D eigenvalue weighted by Gasteiger charge is 2.29. The van der Waals surface area contributed by atoms with Crippen LogP contribution in [-0.4, -0.2) is 47.2 Å². The maximum atomic E-state index is 12.7. The second kappa shape index (κ2) is 12.2. The molecule has 1 aliphatic heterocycles. The number of ether oxygens (including phenoxy) is 3. The van der Waals surface area contributed by atoms with E-state index in [2.05, 4.69) is 25.6 Å². The van der Waals surface area contributed by atoms with Crippen LogP contribution in [0.1, 0.15) is 41.6 Å². The molecule has 9 nitrogen and oxygen atoms in total. The number of halogens is 3. The van der Waals surface area contributed by atoms with Crippen molar-refractivity contribution in [3.8, 4) is 17.5 Å². The molecule has 3 aromatic rings. The first-order valence-electron chi connectivity index (χ1n) is 11.8. The van der Waals surface area contributed by atoms with Gasteiger partial charge in [-0.05, 0) is 43.9 Å². The van der Waals surface area contributed by atoms with Crippen LogP contribution in [0.25, 0.3) is 0 Å². The molecule has 0 radical (unpaired) electrons. The third-order valence-electron chi connectivity index (χ3n) is 5.34. The molecule has 1 aliphatic rings. The van der Waals surface area contributed by atoms with Gasteiger partial charge in [-0.3, -0.25) is 4.79 Å². The molecular formula is C25H26F3N5O4. The number of anilines is 3. The molecule has 0 unspecified atom stereocenters. The number of para-hydroxylation sites is 1. The normalized spacial score (nSPS) is 14.7. The van der Waals surface area contributed by atoms with Gasteiger partial charge in [-0.25, -0.2) is 0 Å². The number of benzene rings is 2. The van der Waals surface area contributed by atoms with Crippen molar-refractivity contribution in [2.45, 2.75) is 38.4 Å². The van der Waals surface area contributed by atoms with E-state index in [9.17, 15) is 18.0 Å². The van der Waals surface area contributed by atoms with Gasteiger partial charge >= 0.3 is 12.2 Å². The van der Waals surface area contributed by atoms with Gasteiger partial charge in [-0.15, -0.1) is 0 Å². The van der Waals surface area contributed by atoms with E-state index in [0.717, 1.165) is 31.2 Å². The molecule has 2 heterocycles. The highest BCUT2D eigenvalue weighted by molar-refractivity contribution is 5.81. The number of aromatic nitrogens is 3. The summed E-state index contributed by atoms with van der Waals surface area (Å²) in [6.07, 6.45) is -0.321. The van der Waals surface area contributed by atoms with Crippen molar-refractivity contribution in [1.29, 1.82) is 0 Å². The minimum absolute atomic E-state index is 0.00313. The molecule has 0 aliphatic carbocycles. The Morgan fingerprint density at radius 1 is 0.919 bits per heavy atom. The van der Waals surface area contributed by atoms with E-state index in [1.165, 1.54) is 0 Å². The van der Waals surface area contributed by atoms with Crippen LogP contribution in [0.5, 0.6) is 17.5 Å². The SMILES string of the molecule is O=Cc1ccc2cc1OCCCCCCOc1ccccc1CNc1nc(nc(OCC(F)(F)F)n1)N2. The first kappa shape index (κ1) is 26.0. The fourth-order valence-electron chi connectivity index (χ4n) is 3.55. The van der Waals surface area contributed by atoms with E-state index in [0.29, 0.717) is 42.2 Å². The monoisotopic (exact) mass is 517 g/mol. The Hall–Kier alpha value is -4.09. The Morgan fingerprint density at radius 2 is 1.65 bits per heavy atom. The lowest BCUT2D eigenvalue weighted by atomic mass is 10.2. The average Bonchev–Trinajstić information content (AvgIpc) is 2.87. The highest BCUT2D eigenvalue weighted by Crippen LogP contribution is 2.26. The number of nitrogens with zero attached hydrogens (tertiary/aromatic N) is 3. The number of hydrogen-bond donors (Lipinski definition) is 2. The average molecular weight is 518 g/mol. The van der Waals surface area contributed by atoms with Gasteiger partial charge in [0.15, 0.2) is 12.9 Å². The number of carbonyl (C=O) groups excluding carboxylic acids is 1. The van der Waals surface area contributed by atoms with Gasteiger partial charge in [-0.1, -0.05) is 18.2 Å². The zero-order valence-corrected chi connectivity index (χ0v) is 19.9. The molecule has 0 fully saturated rings. The van der Waals surface area contributed by atoms with Crippen LogP contribution in [-0.2, 0) is 6.54 Å². The van der Waals surface area contributed by atoms with Gasteiger partial charge in [0.1, 0.15) is 11.5 Å². The Bertz CT molecular complexity index is 1210. The Balaban J connectivity index is 1.64. The number of carbonyl (C=O) groups is 1. The minimum Gasteiger partial charge on any atom is -0.493 e. The number of alkyl halides is 3. The van der Waals surface area contributed by atoms with Crippen molar-refractivity contribution in [1.82, 2.24) is 15.0 Å². The van der Waals surface area contributed by atoms with E-state index in [1.54, 1.807) is 18.2 Å². The quantitative estimate of drug-likeness (QED) is 0.447. The Kier molecular flexibility index (Phi) is 8.60. The second-order valence-corrected chi connectivity index (χ2v) is 8.24. The molecule has 0 saturated heterocycles. The molecule has 4 rings (SSSR count). The van der Waals surface area contributed by atoms with Gasteiger partial charge in [0, 0.05) is 23.9 Å². The number of rotatable bonds is 3. The summed E-state index contributed by atoms with van der Waals surface area (Å²) < 4.78 is 54.8. The Morgan fingerprint density at radius 3 is 2.41 bits per heavy atom. The standard InChI is InChI=1S/C25H26F3N5O4/c26-25(27,28)16-37-24-32-22-29-14-17-7-3-4-8-20(17)35-11-5-1-2-6-12-36-21-13-19(10-9-18(21)15-34)30-23(31-22)33-24/h3-4,7-10,13,15H,1-2,5-6,11-12,14,16H2,(H2,29,30,31,32,33). The molecule has 2 N–H and O–H groups in total. The molecule has 4 bridgehead atoms. The van der Waals surface area contributed by atoms with E-state index in [1.807, 2.05) is 24.3 Å². The van der Waals surface area contributed by atoms with Crippen molar-refractivity contribution < 1.29 is 32.2 Å². The second-order valence-electron chi connectivity index (χ2n) is 8.24. The van der Waals surface area contributed by atoms with Crippen molar-refractivity contribution in [2.24, 2.45) is 0 Å². The van der Waals surface area contributed by atoms with Gasteiger partial charge in [0.2, 0.25) is 11.9 Å². The fraction of sp³-hybridized carbons (Fsp3) is 0.360. The van der Waals surface area contributed by atoms with Crippen molar-refractivity contribution in [2.75, 3.05) is 30.5 Å². The van der Waals surface area contributed by atoms with E-state index < -0.39 is 18.8 Å². The largest absolute Gasteiger partial charge is 0.493 e. The summed E-state index contributed by atoms with van der Waals surface area (Å²) >= 11 is 0. The number of fused-ring (bicyclic) bond motifs is 5. The first-order valence-corrected chi connectivity index (χ1v) is 11.8. The van der Waals surface area contributed by atoms with Crippen LogP contribution in [0.2, 0.25) is 0 Å². The molecule has 2 aromatic carbocycles. The predicted molar refractivity (Wildman–Crippen MR) is 130 cm³/mol. The lowest BCUT2D eigenvalue weighted by molar-refractivity contribution is -0.154. The maximum absolute atomic E-state index is 12.7. The smallest absolute Gasteiger partial charge is 0.422 e. The van der Waals surface area contributed by atoms with Crippen LogP contribution < -0.4 is 24.8 Å². The summed E-state index contributed by atoms with van der Waals surface area (Å²) in [6.45, 7) is -0.351. The van der Waals surface area contributed by atoms with E-state index >= 15 is 0 Å². The van der Waals surface area contributed by atoms with Crippen LogP contribution in [0.4, 0.5) is 30.8 Å². The van der Waals surface area contributed by atoms with Crippen molar-refractivity contribution >= 4 is 23.9 Å². The molecule has 0 spiro atoms. The van der Waals surface area contributed by atoms with Crippen molar-refractivity contribution in [3.63, 3.8) is 0 Å². The molecule has 0 saturated carbocycles. The molecule has 12 heteroatoms. The highest BCUT2D eigenvalue weighted by atomic mass is 19.4. The van der Waals surface area contributed by atoms with Crippen molar-refractivity contribution in [3.05, 3.63) is 53.6 Å². The molecular weight excluding hydrogens is 491 g/mol. The molecule has 0 amide bonds. The molecule has 196 valence electrons. The summed E-state index contributed by atoms with van der Waals surface area (Å²) in [5.74, 6) is 1.01. The summed E-state index contributed by atoms with van der Waals surface area (Å²) in [6, 6.07) is 11.7. The topological polar surface area (TPSA) is 107 Å². The van der Waals surface area contributed by atoms with E-state index in [4.69, 9.17) is 14.2 Å². The lowest BCUT2D eigenvalue weighted by Crippen LogP contribution is -2.21. The molecule has 0 atom stereocenters. The third-order valence-corrected chi connectivity index (χ3v) is 5.34.